The summed E-state index contributed by atoms with van der Waals surface area (Å²) in [7, 11) is 0. The van der Waals surface area contributed by atoms with Gasteiger partial charge in [-0.1, -0.05) is 81.4 Å². The van der Waals surface area contributed by atoms with Crippen LogP contribution < -0.4 is 0 Å². The van der Waals surface area contributed by atoms with Crippen LogP contribution in [0.25, 0.3) is 60.1 Å². The largest absolute Gasteiger partial charge is 0.354 e. The third kappa shape index (κ3) is 2.69. The molecule has 0 amide bonds. The van der Waals surface area contributed by atoms with Crippen molar-refractivity contribution in [3.63, 3.8) is 0 Å². The molecular weight excluding hydrogens is 412 g/mol. The first-order valence-electron chi connectivity index (χ1n) is 12.0. The molecule has 0 aliphatic carbocycles. The average molecular weight is 439 g/mol. The lowest BCUT2D eigenvalue weighted by Crippen LogP contribution is -2.10. The fourth-order valence-electron chi connectivity index (χ4n) is 5.53. The Balaban J connectivity index is 1.59. The van der Waals surface area contributed by atoms with Gasteiger partial charge in [0.05, 0.1) is 11.0 Å². The minimum atomic E-state index is 0.138. The molecular formula is C32H26N2. The highest BCUT2D eigenvalue weighted by molar-refractivity contribution is 6.24. The van der Waals surface area contributed by atoms with Crippen molar-refractivity contribution < 1.29 is 0 Å². The molecule has 2 heterocycles. The van der Waals surface area contributed by atoms with Crippen molar-refractivity contribution in [3.05, 3.63) is 103 Å². The Bertz CT molecular complexity index is 1870. The maximum absolute atomic E-state index is 3.70. The number of aromatic nitrogens is 2. The number of hydrogen-bond acceptors (Lipinski definition) is 0. The molecule has 0 fully saturated rings. The normalized spacial score (nSPS) is 12.6. The fourth-order valence-corrected chi connectivity index (χ4v) is 5.53. The number of rotatable bonds is 1. The summed E-state index contributed by atoms with van der Waals surface area (Å²) in [6.45, 7) is 6.79. The maximum Gasteiger partial charge on any atom is 0.0562 e. The lowest BCUT2D eigenvalue weighted by molar-refractivity contribution is 0.590. The van der Waals surface area contributed by atoms with Gasteiger partial charge in [0.25, 0.3) is 0 Å². The predicted octanol–water partition coefficient (Wildman–Crippen LogP) is 8.87. The Morgan fingerprint density at radius 2 is 1.32 bits per heavy atom. The van der Waals surface area contributed by atoms with Crippen LogP contribution >= 0.6 is 0 Å². The third-order valence-electron chi connectivity index (χ3n) is 7.27. The van der Waals surface area contributed by atoms with Crippen LogP contribution in [0.2, 0.25) is 0 Å². The summed E-state index contributed by atoms with van der Waals surface area (Å²) in [6, 6.07) is 35.6. The van der Waals surface area contributed by atoms with Crippen LogP contribution in [0.4, 0.5) is 0 Å². The number of H-pyrrole nitrogens is 1. The number of nitrogens with zero attached hydrogens (tertiary/aromatic N) is 1. The molecule has 2 heteroatoms. The van der Waals surface area contributed by atoms with Crippen LogP contribution in [-0.2, 0) is 5.41 Å². The molecule has 0 atom stereocenters. The van der Waals surface area contributed by atoms with Gasteiger partial charge in [-0.3, -0.25) is 0 Å². The number of nitrogens with one attached hydrogen (secondary N) is 1. The quantitative estimate of drug-likeness (QED) is 0.264. The highest BCUT2D eigenvalue weighted by Crippen LogP contribution is 2.39. The predicted molar refractivity (Wildman–Crippen MR) is 146 cm³/mol. The number of hydrogen-bond donors (Lipinski definition) is 1. The summed E-state index contributed by atoms with van der Waals surface area (Å²) in [5.41, 5.74) is 7.51. The van der Waals surface area contributed by atoms with Crippen LogP contribution in [0.15, 0.2) is 97.1 Å². The summed E-state index contributed by atoms with van der Waals surface area (Å²) in [4.78, 5) is 3.70. The van der Waals surface area contributed by atoms with Crippen molar-refractivity contribution in [1.29, 1.82) is 0 Å². The Kier molecular flexibility index (Phi) is 3.85. The molecule has 0 aliphatic heterocycles. The van der Waals surface area contributed by atoms with E-state index in [1.807, 2.05) is 0 Å². The first-order valence-corrected chi connectivity index (χ1v) is 12.0. The molecule has 0 radical (unpaired) electrons. The van der Waals surface area contributed by atoms with E-state index in [-0.39, 0.29) is 5.41 Å². The van der Waals surface area contributed by atoms with Gasteiger partial charge in [0.2, 0.25) is 0 Å². The Morgan fingerprint density at radius 1 is 0.588 bits per heavy atom. The van der Waals surface area contributed by atoms with Gasteiger partial charge in [-0.25, -0.2) is 0 Å². The zero-order valence-corrected chi connectivity index (χ0v) is 19.7. The molecule has 5 aromatic carbocycles. The lowest BCUT2D eigenvalue weighted by Gasteiger charge is -2.19. The number of benzene rings is 5. The molecule has 0 aliphatic rings. The monoisotopic (exact) mass is 438 g/mol. The molecule has 0 saturated heterocycles. The third-order valence-corrected chi connectivity index (χ3v) is 7.27. The van der Waals surface area contributed by atoms with E-state index in [1.165, 1.54) is 65.6 Å². The van der Waals surface area contributed by atoms with Gasteiger partial charge in [-0.15, -0.1) is 0 Å². The topological polar surface area (TPSA) is 20.7 Å². The summed E-state index contributed by atoms with van der Waals surface area (Å²) in [6.07, 6.45) is 0. The Morgan fingerprint density at radius 3 is 2.12 bits per heavy atom. The summed E-state index contributed by atoms with van der Waals surface area (Å²) in [5.74, 6) is 0. The average Bonchev–Trinajstić information content (AvgIpc) is 3.37. The zero-order valence-electron chi connectivity index (χ0n) is 19.7. The minimum absolute atomic E-state index is 0.138. The van der Waals surface area contributed by atoms with E-state index < -0.39 is 0 Å². The molecule has 34 heavy (non-hydrogen) atoms. The molecule has 0 saturated carbocycles. The van der Waals surface area contributed by atoms with Gasteiger partial charge >= 0.3 is 0 Å². The van der Waals surface area contributed by atoms with Gasteiger partial charge in [0.15, 0.2) is 0 Å². The second kappa shape index (κ2) is 6.74. The van der Waals surface area contributed by atoms with E-state index in [4.69, 9.17) is 0 Å². The molecule has 2 nitrogen and oxygen atoms in total. The smallest absolute Gasteiger partial charge is 0.0562 e. The van der Waals surface area contributed by atoms with Gasteiger partial charge in [-0.05, 0) is 58.1 Å². The molecule has 164 valence electrons. The Hall–Kier alpha value is -4.04. The SMILES string of the molecule is CC(C)(C)c1ccc(-n2c3ccccc3c3cc4c(cc32)[nH]c2ccc3ccccc3c24)cc1. The molecule has 7 rings (SSSR count). The van der Waals surface area contributed by atoms with Crippen LogP contribution in [0.5, 0.6) is 0 Å². The van der Waals surface area contributed by atoms with Crippen LogP contribution in [-0.4, -0.2) is 9.55 Å². The van der Waals surface area contributed by atoms with E-state index in [0.29, 0.717) is 0 Å². The summed E-state index contributed by atoms with van der Waals surface area (Å²) in [5, 5.41) is 7.74. The molecule has 2 aromatic heterocycles. The van der Waals surface area contributed by atoms with Crippen molar-refractivity contribution in [2.45, 2.75) is 26.2 Å². The van der Waals surface area contributed by atoms with E-state index in [0.717, 1.165) is 0 Å². The summed E-state index contributed by atoms with van der Waals surface area (Å²) >= 11 is 0. The molecule has 7 aromatic rings. The molecule has 1 N–H and O–H groups in total. The van der Waals surface area contributed by atoms with Gasteiger partial charge in [0.1, 0.15) is 0 Å². The first-order chi connectivity index (χ1) is 16.5. The van der Waals surface area contributed by atoms with Gasteiger partial charge < -0.3 is 9.55 Å². The van der Waals surface area contributed by atoms with E-state index in [1.54, 1.807) is 0 Å². The number of aromatic amines is 1. The van der Waals surface area contributed by atoms with E-state index in [9.17, 15) is 0 Å². The van der Waals surface area contributed by atoms with Crippen LogP contribution in [0.3, 0.4) is 0 Å². The Labute approximate surface area is 198 Å². The molecule has 0 spiro atoms. The second-order valence-electron chi connectivity index (χ2n) is 10.4. The zero-order chi connectivity index (χ0) is 23.0. The standard InChI is InChI=1S/C32H26N2/c1-32(2,3)21-13-15-22(16-14-21)34-29-11-7-6-10-24(29)25-18-26-28(19-30(25)34)33-27-17-12-20-8-4-5-9-23(20)31(26)27/h4-19,33H,1-3H3. The van der Waals surface area contributed by atoms with Crippen molar-refractivity contribution in [1.82, 2.24) is 9.55 Å². The number of para-hydroxylation sites is 1. The minimum Gasteiger partial charge on any atom is -0.354 e. The number of fused-ring (bicyclic) bond motifs is 8. The first kappa shape index (κ1) is 19.4. The van der Waals surface area contributed by atoms with E-state index >= 15 is 0 Å². The van der Waals surface area contributed by atoms with Crippen molar-refractivity contribution >= 4 is 54.4 Å². The highest BCUT2D eigenvalue weighted by atomic mass is 15.0. The fraction of sp³-hybridized carbons (Fsp3) is 0.125. The molecule has 0 unspecified atom stereocenters. The van der Waals surface area contributed by atoms with E-state index in [2.05, 4.69) is 127 Å². The maximum atomic E-state index is 3.70. The van der Waals surface area contributed by atoms with Crippen LogP contribution in [0, 0.1) is 0 Å². The second-order valence-corrected chi connectivity index (χ2v) is 10.4. The van der Waals surface area contributed by atoms with Crippen molar-refractivity contribution in [3.8, 4) is 5.69 Å². The lowest BCUT2D eigenvalue weighted by atomic mass is 9.87. The van der Waals surface area contributed by atoms with Crippen molar-refractivity contribution in [2.24, 2.45) is 0 Å². The van der Waals surface area contributed by atoms with Crippen LogP contribution in [0.1, 0.15) is 26.3 Å². The van der Waals surface area contributed by atoms with Gasteiger partial charge in [-0.2, -0.15) is 0 Å². The van der Waals surface area contributed by atoms with Gasteiger partial charge in [0, 0.05) is 38.3 Å². The van der Waals surface area contributed by atoms with Crippen molar-refractivity contribution in [2.75, 3.05) is 0 Å². The summed E-state index contributed by atoms with van der Waals surface area (Å²) < 4.78 is 2.40. The highest BCUT2D eigenvalue weighted by Gasteiger charge is 2.17. The molecule has 0 bridgehead atoms.